The summed E-state index contributed by atoms with van der Waals surface area (Å²) < 4.78 is 5.78. The number of hydrogen-bond donors (Lipinski definition) is 1. The molecule has 0 saturated heterocycles. The quantitative estimate of drug-likeness (QED) is 0.823. The summed E-state index contributed by atoms with van der Waals surface area (Å²) in [6, 6.07) is 16.9. The van der Waals surface area contributed by atoms with Gasteiger partial charge in [0.1, 0.15) is 12.4 Å². The first kappa shape index (κ1) is 11.5. The molecule has 1 heterocycles. The van der Waals surface area contributed by atoms with Gasteiger partial charge in [-0.05, 0) is 36.1 Å². The molecule has 0 saturated carbocycles. The number of thioether (sulfide) groups is 1. The van der Waals surface area contributed by atoms with E-state index in [0.29, 0.717) is 6.61 Å². The highest BCUT2D eigenvalue weighted by atomic mass is 32.2. The highest BCUT2D eigenvalue weighted by molar-refractivity contribution is 7.98. The van der Waals surface area contributed by atoms with E-state index in [4.69, 9.17) is 4.74 Å². The fourth-order valence-corrected chi connectivity index (χ4v) is 2.54. The zero-order chi connectivity index (χ0) is 12.4. The first-order valence-electron chi connectivity index (χ1n) is 5.99. The van der Waals surface area contributed by atoms with E-state index in [1.54, 1.807) is 11.8 Å². The van der Waals surface area contributed by atoms with E-state index < -0.39 is 0 Å². The van der Waals surface area contributed by atoms with Crippen molar-refractivity contribution in [2.24, 2.45) is 0 Å². The molecule has 3 rings (SSSR count). The van der Waals surface area contributed by atoms with Crippen LogP contribution in [-0.4, -0.2) is 12.9 Å². The van der Waals surface area contributed by atoms with Crippen molar-refractivity contribution in [3.63, 3.8) is 0 Å². The molecule has 1 N–H and O–H groups in total. The van der Waals surface area contributed by atoms with Gasteiger partial charge in [-0.25, -0.2) is 0 Å². The molecule has 1 atom stereocenters. The lowest BCUT2D eigenvalue weighted by Crippen LogP contribution is -2.23. The number of fused-ring (bicyclic) bond motifs is 1. The maximum absolute atomic E-state index is 5.78. The van der Waals surface area contributed by atoms with Crippen molar-refractivity contribution >= 4 is 17.4 Å². The molecule has 1 aliphatic heterocycles. The van der Waals surface area contributed by atoms with Crippen molar-refractivity contribution in [1.82, 2.24) is 0 Å². The van der Waals surface area contributed by atoms with Crippen LogP contribution >= 0.6 is 11.8 Å². The summed E-state index contributed by atoms with van der Waals surface area (Å²) in [6.45, 7) is 0.676. The van der Waals surface area contributed by atoms with Gasteiger partial charge in [0.25, 0.3) is 0 Å². The lowest BCUT2D eigenvalue weighted by Gasteiger charge is -2.27. The Morgan fingerprint density at radius 1 is 1.11 bits per heavy atom. The summed E-state index contributed by atoms with van der Waals surface area (Å²) in [7, 11) is 0. The zero-order valence-electron chi connectivity index (χ0n) is 10.2. The molecule has 0 fully saturated rings. The topological polar surface area (TPSA) is 21.3 Å². The number of para-hydroxylation sites is 2. The van der Waals surface area contributed by atoms with Crippen molar-refractivity contribution in [3.05, 3.63) is 54.1 Å². The monoisotopic (exact) mass is 257 g/mol. The van der Waals surface area contributed by atoms with E-state index in [-0.39, 0.29) is 6.04 Å². The van der Waals surface area contributed by atoms with E-state index in [1.807, 2.05) is 18.2 Å². The van der Waals surface area contributed by atoms with Crippen LogP contribution in [0.25, 0.3) is 0 Å². The maximum atomic E-state index is 5.78. The van der Waals surface area contributed by atoms with Crippen molar-refractivity contribution in [2.75, 3.05) is 18.2 Å². The molecular weight excluding hydrogens is 242 g/mol. The average Bonchev–Trinajstić information content (AvgIpc) is 2.47. The summed E-state index contributed by atoms with van der Waals surface area (Å²) in [6.07, 6.45) is 2.09. The van der Waals surface area contributed by atoms with E-state index in [9.17, 15) is 0 Å². The lowest BCUT2D eigenvalue weighted by molar-refractivity contribution is 0.286. The van der Waals surface area contributed by atoms with Crippen molar-refractivity contribution in [2.45, 2.75) is 10.9 Å². The number of nitrogens with one attached hydrogen (secondary N) is 1. The van der Waals surface area contributed by atoms with Crippen LogP contribution in [0.3, 0.4) is 0 Å². The number of rotatable bonds is 2. The molecule has 0 bridgehead atoms. The maximum Gasteiger partial charge on any atom is 0.142 e. The minimum atomic E-state index is 0.232. The number of anilines is 1. The molecular formula is C15H15NOS. The third-order valence-corrected chi connectivity index (χ3v) is 3.88. The number of ether oxygens (including phenoxy) is 1. The van der Waals surface area contributed by atoms with E-state index in [0.717, 1.165) is 11.4 Å². The molecule has 0 aliphatic carbocycles. The summed E-state index contributed by atoms with van der Waals surface area (Å²) >= 11 is 1.76. The Labute approximate surface area is 111 Å². The molecule has 0 spiro atoms. The van der Waals surface area contributed by atoms with Crippen molar-refractivity contribution in [1.29, 1.82) is 0 Å². The van der Waals surface area contributed by atoms with E-state index in [1.165, 1.54) is 10.5 Å². The second-order valence-corrected chi connectivity index (χ2v) is 5.16. The number of benzene rings is 2. The zero-order valence-corrected chi connectivity index (χ0v) is 11.0. The molecule has 0 radical (unpaired) electrons. The van der Waals surface area contributed by atoms with Gasteiger partial charge in [0.05, 0.1) is 11.7 Å². The molecule has 18 heavy (non-hydrogen) atoms. The number of hydrogen-bond acceptors (Lipinski definition) is 3. The minimum Gasteiger partial charge on any atom is -0.489 e. The third-order valence-electron chi connectivity index (χ3n) is 3.14. The van der Waals surface area contributed by atoms with Crippen LogP contribution in [-0.2, 0) is 0 Å². The van der Waals surface area contributed by atoms with Crippen LogP contribution in [0.15, 0.2) is 53.4 Å². The first-order valence-corrected chi connectivity index (χ1v) is 7.21. The Bertz CT molecular complexity index is 538. The fourth-order valence-electron chi connectivity index (χ4n) is 2.13. The average molecular weight is 257 g/mol. The SMILES string of the molecule is CSc1ccc(C2COc3ccccc3N2)cc1. The van der Waals surface area contributed by atoms with Crippen molar-refractivity contribution in [3.8, 4) is 5.75 Å². The van der Waals surface area contributed by atoms with Crippen LogP contribution in [0.1, 0.15) is 11.6 Å². The summed E-state index contributed by atoms with van der Waals surface area (Å²) in [4.78, 5) is 1.29. The Morgan fingerprint density at radius 3 is 2.67 bits per heavy atom. The van der Waals surface area contributed by atoms with Gasteiger partial charge in [-0.1, -0.05) is 24.3 Å². The molecule has 1 unspecified atom stereocenters. The van der Waals surface area contributed by atoms with E-state index >= 15 is 0 Å². The Kier molecular flexibility index (Phi) is 3.15. The molecule has 0 amide bonds. The van der Waals surface area contributed by atoms with Crippen LogP contribution in [0, 0.1) is 0 Å². The van der Waals surface area contributed by atoms with Gasteiger partial charge in [0.15, 0.2) is 0 Å². The van der Waals surface area contributed by atoms with Gasteiger partial charge in [-0.15, -0.1) is 11.8 Å². The highest BCUT2D eigenvalue weighted by Gasteiger charge is 2.19. The standard InChI is InChI=1S/C15H15NOS/c1-18-12-8-6-11(7-9-12)14-10-17-15-5-3-2-4-13(15)16-14/h2-9,14,16H,10H2,1H3. The predicted molar refractivity (Wildman–Crippen MR) is 76.5 cm³/mol. The molecule has 3 heteroatoms. The molecule has 0 aromatic heterocycles. The van der Waals surface area contributed by atoms with Crippen molar-refractivity contribution < 1.29 is 4.74 Å². The van der Waals surface area contributed by atoms with E-state index in [2.05, 4.69) is 41.9 Å². The summed E-state index contributed by atoms with van der Waals surface area (Å²) in [5.74, 6) is 0.939. The van der Waals surface area contributed by atoms with Crippen LogP contribution in [0.4, 0.5) is 5.69 Å². The van der Waals surface area contributed by atoms with Gasteiger partial charge in [0.2, 0.25) is 0 Å². The summed E-state index contributed by atoms with van der Waals surface area (Å²) in [5.41, 5.74) is 2.34. The van der Waals surface area contributed by atoms with Gasteiger partial charge in [0, 0.05) is 4.90 Å². The minimum absolute atomic E-state index is 0.232. The molecule has 1 aliphatic rings. The van der Waals surface area contributed by atoms with Gasteiger partial charge < -0.3 is 10.1 Å². The normalized spacial score (nSPS) is 17.5. The van der Waals surface area contributed by atoms with Crippen LogP contribution in [0.2, 0.25) is 0 Å². The van der Waals surface area contributed by atoms with Gasteiger partial charge in [-0.3, -0.25) is 0 Å². The van der Waals surface area contributed by atoms with Crippen LogP contribution < -0.4 is 10.1 Å². The van der Waals surface area contributed by atoms with Gasteiger partial charge in [-0.2, -0.15) is 0 Å². The first-order chi connectivity index (χ1) is 8.86. The molecule has 2 nitrogen and oxygen atoms in total. The largest absolute Gasteiger partial charge is 0.489 e. The second kappa shape index (κ2) is 4.94. The van der Waals surface area contributed by atoms with Gasteiger partial charge >= 0.3 is 0 Å². The Morgan fingerprint density at radius 2 is 1.89 bits per heavy atom. The fraction of sp³-hybridized carbons (Fsp3) is 0.200. The Hall–Kier alpha value is -1.61. The molecule has 92 valence electrons. The second-order valence-electron chi connectivity index (χ2n) is 4.28. The molecule has 2 aromatic rings. The smallest absolute Gasteiger partial charge is 0.142 e. The highest BCUT2D eigenvalue weighted by Crippen LogP contribution is 2.33. The third kappa shape index (κ3) is 2.18. The molecule has 2 aromatic carbocycles. The Balaban J connectivity index is 1.82. The summed E-state index contributed by atoms with van der Waals surface area (Å²) in [5, 5.41) is 3.52. The lowest BCUT2D eigenvalue weighted by atomic mass is 10.1. The predicted octanol–water partition coefficient (Wildman–Crippen LogP) is 3.95. The van der Waals surface area contributed by atoms with Crippen LogP contribution in [0.5, 0.6) is 5.75 Å².